The molecule has 6 heteroatoms. The van der Waals surface area contributed by atoms with E-state index in [1.165, 1.54) is 5.48 Å². The molecular weight excluding hydrogens is 104 g/mol. The smallest absolute Gasteiger partial charge is 0.338 e. The zero-order chi connectivity index (χ0) is 4.99. The summed E-state index contributed by atoms with van der Waals surface area (Å²) in [4.78, 5) is 12.5. The Morgan fingerprint density at radius 1 is 1.86 bits per heavy atom. The van der Waals surface area contributed by atoms with Gasteiger partial charge in [0.2, 0.25) is 0 Å². The summed E-state index contributed by atoms with van der Waals surface area (Å²) in [7, 11) is 0. The Bertz CT molecular complexity index is 53.7. The van der Waals surface area contributed by atoms with E-state index in [1.807, 2.05) is 0 Å². The molecular formula is CH6N2O4. The summed E-state index contributed by atoms with van der Waals surface area (Å²) in [6, 6.07) is -0.933. The van der Waals surface area contributed by atoms with Crippen LogP contribution in [-0.2, 0) is 4.99 Å². The van der Waals surface area contributed by atoms with E-state index < -0.39 is 6.03 Å². The van der Waals surface area contributed by atoms with Crippen molar-refractivity contribution in [2.75, 3.05) is 0 Å². The number of rotatable bonds is 1. The molecule has 0 heterocycles. The van der Waals surface area contributed by atoms with Gasteiger partial charge in [0.25, 0.3) is 0 Å². The maximum absolute atomic E-state index is 9.43. The molecule has 0 aliphatic carbocycles. The van der Waals surface area contributed by atoms with E-state index in [4.69, 9.17) is 5.26 Å². The van der Waals surface area contributed by atoms with Gasteiger partial charge in [0.05, 0.1) is 0 Å². The Morgan fingerprint density at radius 2 is 2.29 bits per heavy atom. The van der Waals surface area contributed by atoms with E-state index in [1.54, 1.807) is 0 Å². The zero-order valence-corrected chi connectivity index (χ0v) is 3.34. The number of hydrogen-bond acceptors (Lipinski definition) is 3. The van der Waals surface area contributed by atoms with Gasteiger partial charge in [-0.15, -0.1) is 4.99 Å². The average Bonchev–Trinajstić information content (AvgIpc) is 1.35. The van der Waals surface area contributed by atoms with Crippen molar-refractivity contribution in [3.05, 3.63) is 0 Å². The average molecular weight is 110 g/mol. The minimum absolute atomic E-state index is 0. The van der Waals surface area contributed by atoms with E-state index in [0.717, 1.165) is 0 Å². The third kappa shape index (κ3) is 11.1. The van der Waals surface area contributed by atoms with E-state index >= 15 is 0 Å². The molecule has 0 aliphatic heterocycles. The first-order valence-electron chi connectivity index (χ1n) is 1.13. The number of primary amides is 1. The largest absolute Gasteiger partial charge is 0.412 e. The number of amides is 2. The van der Waals surface area contributed by atoms with Gasteiger partial charge in [0, 0.05) is 0 Å². The summed E-state index contributed by atoms with van der Waals surface area (Å²) >= 11 is 0. The van der Waals surface area contributed by atoms with E-state index in [-0.39, 0.29) is 5.48 Å². The lowest BCUT2D eigenvalue weighted by atomic mass is 11.2. The molecule has 0 saturated heterocycles. The highest BCUT2D eigenvalue weighted by Crippen LogP contribution is 1.48. The zero-order valence-electron chi connectivity index (χ0n) is 3.34. The molecule has 44 valence electrons. The Kier molecular flexibility index (Phi) is 6.97. The molecule has 0 aliphatic rings. The molecule has 0 rings (SSSR count). The summed E-state index contributed by atoms with van der Waals surface area (Å²) in [5.74, 6) is 0. The van der Waals surface area contributed by atoms with Gasteiger partial charge in [-0.1, -0.05) is 0 Å². The van der Waals surface area contributed by atoms with E-state index in [9.17, 15) is 4.79 Å². The second-order valence-corrected chi connectivity index (χ2v) is 0.558. The van der Waals surface area contributed by atoms with Gasteiger partial charge in [-0.05, 0) is 0 Å². The van der Waals surface area contributed by atoms with Gasteiger partial charge in [-0.3, -0.25) is 0 Å². The van der Waals surface area contributed by atoms with Gasteiger partial charge in [-0.2, -0.15) is 5.48 Å². The highest BCUT2D eigenvalue weighted by Gasteiger charge is 1.81. The standard InChI is InChI=1S/CH4N2O3.H2O/c2-1(4)3-6-5;/h5H,(H3,2,3,4);1H2. The van der Waals surface area contributed by atoms with Gasteiger partial charge < -0.3 is 11.2 Å². The van der Waals surface area contributed by atoms with Crippen LogP contribution in [0.2, 0.25) is 0 Å². The number of carbonyl (C=O) groups excluding carboxylic acids is 1. The number of hydroxylamine groups is 1. The maximum Gasteiger partial charge on any atom is 0.338 e. The molecule has 0 saturated carbocycles. The molecule has 0 atom stereocenters. The summed E-state index contributed by atoms with van der Waals surface area (Å²) < 4.78 is 0. The summed E-state index contributed by atoms with van der Waals surface area (Å²) in [6.45, 7) is 0. The number of carbonyl (C=O) groups is 1. The molecule has 0 aromatic carbocycles. The summed E-state index contributed by atoms with van der Waals surface area (Å²) in [6.07, 6.45) is 0. The monoisotopic (exact) mass is 110 g/mol. The first-order chi connectivity index (χ1) is 2.77. The Balaban J connectivity index is 0. The Labute approximate surface area is 39.1 Å². The van der Waals surface area contributed by atoms with Crippen LogP contribution < -0.4 is 11.2 Å². The van der Waals surface area contributed by atoms with Gasteiger partial charge in [0.1, 0.15) is 0 Å². The SMILES string of the molecule is NC(=O)NOO.O. The molecule has 0 fully saturated rings. The third-order valence-electron chi connectivity index (χ3n) is 0.146. The first-order valence-corrected chi connectivity index (χ1v) is 1.13. The van der Waals surface area contributed by atoms with Crippen molar-refractivity contribution in [1.82, 2.24) is 5.48 Å². The van der Waals surface area contributed by atoms with E-state index in [0.29, 0.717) is 0 Å². The molecule has 0 radical (unpaired) electrons. The number of urea groups is 1. The van der Waals surface area contributed by atoms with Crippen LogP contribution >= 0.6 is 0 Å². The lowest BCUT2D eigenvalue weighted by Crippen LogP contribution is -2.27. The molecule has 6 N–H and O–H groups in total. The molecule has 0 bridgehead atoms. The van der Waals surface area contributed by atoms with Crippen LogP contribution in [0.4, 0.5) is 4.79 Å². The van der Waals surface area contributed by atoms with Gasteiger partial charge in [-0.25, -0.2) is 10.1 Å². The van der Waals surface area contributed by atoms with Crippen molar-refractivity contribution in [2.45, 2.75) is 0 Å². The molecule has 0 aromatic heterocycles. The summed E-state index contributed by atoms with van der Waals surface area (Å²) in [5.41, 5.74) is 5.77. The normalized spacial score (nSPS) is 6.43. The van der Waals surface area contributed by atoms with Crippen molar-refractivity contribution in [1.29, 1.82) is 0 Å². The lowest BCUT2D eigenvalue weighted by molar-refractivity contribution is -0.276. The second kappa shape index (κ2) is 5.15. The molecule has 0 aromatic rings. The first kappa shape index (κ1) is 9.47. The number of nitrogens with two attached hydrogens (primary N) is 1. The van der Waals surface area contributed by atoms with Crippen LogP contribution in [0.1, 0.15) is 0 Å². The van der Waals surface area contributed by atoms with Crippen molar-refractivity contribution in [3.63, 3.8) is 0 Å². The van der Waals surface area contributed by atoms with Crippen LogP contribution in [0.25, 0.3) is 0 Å². The number of nitrogens with one attached hydrogen (secondary N) is 1. The van der Waals surface area contributed by atoms with Crippen LogP contribution in [0.15, 0.2) is 0 Å². The molecule has 6 nitrogen and oxygen atoms in total. The lowest BCUT2D eigenvalue weighted by Gasteiger charge is -1.87. The maximum atomic E-state index is 9.43. The van der Waals surface area contributed by atoms with Crippen LogP contribution in [0.3, 0.4) is 0 Å². The molecule has 0 spiro atoms. The highest BCUT2D eigenvalue weighted by molar-refractivity contribution is 5.70. The minimum Gasteiger partial charge on any atom is -0.412 e. The predicted octanol–water partition coefficient (Wildman–Crippen LogP) is -1.77. The van der Waals surface area contributed by atoms with E-state index in [2.05, 4.69) is 10.7 Å². The topological polar surface area (TPSA) is 116 Å². The Morgan fingerprint density at radius 3 is 2.29 bits per heavy atom. The highest BCUT2D eigenvalue weighted by atomic mass is 17.2. The fourth-order valence-electron chi connectivity index (χ4n) is 0.0450. The van der Waals surface area contributed by atoms with Crippen LogP contribution in [0, 0.1) is 0 Å². The fraction of sp³-hybridized carbons (Fsp3) is 0. The van der Waals surface area contributed by atoms with Gasteiger partial charge in [0.15, 0.2) is 0 Å². The third-order valence-corrected chi connectivity index (χ3v) is 0.146. The Hall–Kier alpha value is -0.850. The molecule has 7 heavy (non-hydrogen) atoms. The number of hydrogen-bond donors (Lipinski definition) is 3. The molecule has 0 unspecified atom stereocenters. The van der Waals surface area contributed by atoms with Crippen molar-refractivity contribution in [2.24, 2.45) is 5.73 Å². The van der Waals surface area contributed by atoms with Crippen LogP contribution in [-0.4, -0.2) is 16.8 Å². The second-order valence-electron chi connectivity index (χ2n) is 0.558. The fourth-order valence-corrected chi connectivity index (χ4v) is 0.0450. The van der Waals surface area contributed by atoms with Crippen molar-refractivity contribution >= 4 is 6.03 Å². The minimum atomic E-state index is -0.933. The molecule has 2 amide bonds. The quantitative estimate of drug-likeness (QED) is 0.274. The predicted molar refractivity (Wildman–Crippen MR) is 20.0 cm³/mol. The van der Waals surface area contributed by atoms with Crippen molar-refractivity contribution in [3.8, 4) is 0 Å². The van der Waals surface area contributed by atoms with Crippen LogP contribution in [0.5, 0.6) is 0 Å². The van der Waals surface area contributed by atoms with Crippen molar-refractivity contribution < 1.29 is 20.5 Å². The van der Waals surface area contributed by atoms with Gasteiger partial charge >= 0.3 is 6.03 Å². The summed E-state index contributed by atoms with van der Waals surface area (Å²) in [5, 5.41) is 7.32.